The van der Waals surface area contributed by atoms with Gasteiger partial charge in [-0.25, -0.2) is 14.4 Å². The number of hydrogen-bond acceptors (Lipinski definition) is 11. The van der Waals surface area contributed by atoms with Crippen LogP contribution in [-0.2, 0) is 12.4 Å². The second kappa shape index (κ2) is 17.2. The number of benzene rings is 2. The Morgan fingerprint density at radius 2 is 1.82 bits per heavy atom. The minimum atomic E-state index is -5.75. The number of nitrogens with zero attached hydrogens (tertiary/aromatic N) is 3. The predicted octanol–water partition coefficient (Wildman–Crippen LogP) is -4.71. The SMILES string of the molecule is COc1cc2ncnc(Nc3ccc(F)c(Cl)c3)c2cc1OCCCN1CCOCC1.O=[Se](=O)([O-])[O-].[Na+].[Na+]. The van der Waals surface area contributed by atoms with Gasteiger partial charge in [0.05, 0.1) is 37.5 Å². The first-order valence-electron chi connectivity index (χ1n) is 10.8. The van der Waals surface area contributed by atoms with Crippen LogP contribution in [0.25, 0.3) is 10.9 Å². The van der Waals surface area contributed by atoms with Gasteiger partial charge < -0.3 is 19.5 Å². The van der Waals surface area contributed by atoms with Crippen molar-refractivity contribution >= 4 is 47.4 Å². The summed E-state index contributed by atoms with van der Waals surface area (Å²) < 4.78 is 64.7. The summed E-state index contributed by atoms with van der Waals surface area (Å²) in [6.07, 6.45) is 2.35. The van der Waals surface area contributed by atoms with Crippen LogP contribution in [-0.4, -0.2) is 74.8 Å². The number of halogens is 2. The van der Waals surface area contributed by atoms with E-state index in [-0.39, 0.29) is 64.1 Å². The van der Waals surface area contributed by atoms with Gasteiger partial charge in [-0.05, 0) is 30.7 Å². The Morgan fingerprint density at radius 1 is 1.13 bits per heavy atom. The number of rotatable bonds is 8. The van der Waals surface area contributed by atoms with E-state index in [9.17, 15) is 4.39 Å². The third-order valence-corrected chi connectivity index (χ3v) is 5.37. The molecule has 16 heteroatoms. The Bertz CT molecular complexity index is 1280. The van der Waals surface area contributed by atoms with Gasteiger partial charge in [-0.2, -0.15) is 0 Å². The number of nitrogens with one attached hydrogen (secondary N) is 1. The summed E-state index contributed by atoms with van der Waals surface area (Å²) >= 11 is 0.145. The maximum absolute atomic E-state index is 13.5. The molecule has 0 aliphatic carbocycles. The van der Waals surface area contributed by atoms with Crippen molar-refractivity contribution in [1.82, 2.24) is 14.9 Å². The molecule has 196 valence electrons. The minimum Gasteiger partial charge on any atom is 1.00 e. The van der Waals surface area contributed by atoms with Gasteiger partial charge in [-0.15, -0.1) is 0 Å². The average molecular weight is 636 g/mol. The molecule has 11 nitrogen and oxygen atoms in total. The van der Waals surface area contributed by atoms with Crippen molar-refractivity contribution in [2.24, 2.45) is 0 Å². The van der Waals surface area contributed by atoms with Crippen LogP contribution in [0.4, 0.5) is 15.9 Å². The molecular formula is C22H24ClFN4Na2O7Se. The summed E-state index contributed by atoms with van der Waals surface area (Å²) in [5, 5.41) is 3.97. The Balaban J connectivity index is 0.000000946. The molecule has 1 N–H and O–H groups in total. The van der Waals surface area contributed by atoms with E-state index in [1.54, 1.807) is 13.2 Å². The number of anilines is 2. The predicted molar refractivity (Wildman–Crippen MR) is 125 cm³/mol. The summed E-state index contributed by atoms with van der Waals surface area (Å²) in [6, 6.07) is 8.09. The standard InChI is InChI=1S/C22H24ClFN4O3.2Na.H2O4Se/c1-29-20-13-19-16(12-21(20)31-8-2-5-28-6-9-30-10-7-28)22(26-14-25-19)27-15-3-4-18(24)17(23)11-15;;;1-5(2,3)4/h3-4,11-14H,2,5-10H2,1H3,(H,25,26,27);;;(H2,1,2,3,4)/q;2*+1;/p-2. The molecule has 0 radical (unpaired) electrons. The first-order chi connectivity index (χ1) is 17.1. The van der Waals surface area contributed by atoms with Gasteiger partial charge >= 0.3 is 88.5 Å². The van der Waals surface area contributed by atoms with Gasteiger partial charge in [0.15, 0.2) is 11.5 Å². The van der Waals surface area contributed by atoms with Crippen LogP contribution in [0, 0.1) is 5.82 Å². The van der Waals surface area contributed by atoms with Gasteiger partial charge in [0.25, 0.3) is 0 Å². The fourth-order valence-corrected chi connectivity index (χ4v) is 3.62. The van der Waals surface area contributed by atoms with Crippen molar-refractivity contribution in [3.05, 3.63) is 47.5 Å². The number of hydrogen-bond donors (Lipinski definition) is 1. The van der Waals surface area contributed by atoms with Crippen molar-refractivity contribution in [3.8, 4) is 11.5 Å². The van der Waals surface area contributed by atoms with E-state index in [1.165, 1.54) is 18.5 Å². The van der Waals surface area contributed by atoms with Crippen molar-refractivity contribution in [1.29, 1.82) is 0 Å². The summed E-state index contributed by atoms with van der Waals surface area (Å²) in [5.74, 6) is 1.31. The van der Waals surface area contributed by atoms with Gasteiger partial charge in [-0.3, -0.25) is 4.90 Å². The smallest absolute Gasteiger partial charge is 1.00 e. The molecule has 0 saturated carbocycles. The molecule has 0 atom stereocenters. The normalized spacial score (nSPS) is 13.4. The molecular weight excluding hydrogens is 612 g/mol. The number of ether oxygens (including phenoxy) is 3. The molecule has 1 aliphatic rings. The molecule has 0 bridgehead atoms. The van der Waals surface area contributed by atoms with E-state index in [4.69, 9.17) is 41.9 Å². The molecule has 0 amide bonds. The maximum Gasteiger partial charge on any atom is 1.00 e. The Morgan fingerprint density at radius 3 is 2.45 bits per heavy atom. The summed E-state index contributed by atoms with van der Waals surface area (Å²) in [4.78, 5) is 11.0. The Labute approximate surface area is 270 Å². The third kappa shape index (κ3) is 11.8. The van der Waals surface area contributed by atoms with E-state index in [0.29, 0.717) is 35.1 Å². The van der Waals surface area contributed by atoms with Crippen molar-refractivity contribution in [3.63, 3.8) is 0 Å². The van der Waals surface area contributed by atoms with Gasteiger partial charge in [-0.1, -0.05) is 11.6 Å². The number of morpholine rings is 1. The van der Waals surface area contributed by atoms with Crippen molar-refractivity contribution < 1.29 is 93.8 Å². The molecule has 1 aliphatic heterocycles. The largest absolute Gasteiger partial charge is 1.00 e. The van der Waals surface area contributed by atoms with Gasteiger partial charge in [0, 0.05) is 36.8 Å². The average Bonchev–Trinajstić information content (AvgIpc) is 2.83. The molecule has 3 aromatic rings. The topological polar surface area (TPSA) is 149 Å². The van der Waals surface area contributed by atoms with Crippen molar-refractivity contribution in [2.75, 3.05) is 51.9 Å². The summed E-state index contributed by atoms with van der Waals surface area (Å²) in [7, 11) is 1.60. The van der Waals surface area contributed by atoms with E-state index >= 15 is 0 Å². The van der Waals surface area contributed by atoms with Crippen LogP contribution in [0.5, 0.6) is 11.5 Å². The zero-order chi connectivity index (χ0) is 26.1. The summed E-state index contributed by atoms with van der Waals surface area (Å²) in [6.45, 7) is 5.00. The second-order valence-electron chi connectivity index (χ2n) is 7.56. The summed E-state index contributed by atoms with van der Waals surface area (Å²) in [5.41, 5.74) is 1.32. The molecule has 38 heavy (non-hydrogen) atoms. The quantitative estimate of drug-likeness (QED) is 0.188. The number of fused-ring (bicyclic) bond motifs is 1. The van der Waals surface area contributed by atoms with E-state index in [2.05, 4.69) is 20.2 Å². The molecule has 1 saturated heterocycles. The fraction of sp³-hybridized carbons (Fsp3) is 0.364. The molecule has 1 aromatic heterocycles. The van der Waals surface area contributed by atoms with Gasteiger partial charge in [0.1, 0.15) is 18.0 Å². The minimum absolute atomic E-state index is 0. The molecule has 1 fully saturated rings. The number of methoxy groups -OCH3 is 1. The van der Waals surface area contributed by atoms with Gasteiger partial charge in [0.2, 0.25) is 0 Å². The van der Waals surface area contributed by atoms with E-state index < -0.39 is 19.2 Å². The van der Waals surface area contributed by atoms with Crippen LogP contribution < -0.4 is 82.3 Å². The van der Waals surface area contributed by atoms with Crippen LogP contribution in [0.2, 0.25) is 5.02 Å². The van der Waals surface area contributed by atoms with Crippen LogP contribution in [0.1, 0.15) is 6.42 Å². The zero-order valence-electron chi connectivity index (χ0n) is 21.3. The Hall–Kier alpha value is -0.641. The Kier molecular flexibility index (Phi) is 16.0. The molecule has 0 unspecified atom stereocenters. The van der Waals surface area contributed by atoms with Crippen LogP contribution in [0.3, 0.4) is 0 Å². The molecule has 2 aromatic carbocycles. The van der Waals surface area contributed by atoms with E-state index in [0.717, 1.165) is 44.7 Å². The molecule has 2 heterocycles. The van der Waals surface area contributed by atoms with Crippen LogP contribution >= 0.6 is 11.6 Å². The molecule has 4 rings (SSSR count). The first kappa shape index (κ1) is 35.4. The maximum atomic E-state index is 13.5. The fourth-order valence-electron chi connectivity index (χ4n) is 3.44. The van der Waals surface area contributed by atoms with E-state index in [1.807, 2.05) is 12.1 Å². The zero-order valence-corrected chi connectivity index (χ0v) is 27.7. The second-order valence-corrected chi connectivity index (χ2v) is 9.68. The molecule has 0 spiro atoms. The van der Waals surface area contributed by atoms with Crippen molar-refractivity contribution in [2.45, 2.75) is 6.42 Å². The van der Waals surface area contributed by atoms with Crippen LogP contribution in [0.15, 0.2) is 36.7 Å². The number of aromatic nitrogens is 2. The third-order valence-electron chi connectivity index (χ3n) is 5.08. The monoisotopic (exact) mass is 636 g/mol. The first-order valence-corrected chi connectivity index (χ1v) is 14.0.